The molecule has 0 atom stereocenters. The van der Waals surface area contributed by atoms with Gasteiger partial charge in [0.25, 0.3) is 0 Å². The number of aliphatic hydroxyl groups excluding tert-OH is 1. The third-order valence-electron chi connectivity index (χ3n) is 2.99. The van der Waals surface area contributed by atoms with Gasteiger partial charge < -0.3 is 14.6 Å². The number of methoxy groups -OCH3 is 2. The van der Waals surface area contributed by atoms with E-state index in [1.165, 1.54) is 0 Å². The summed E-state index contributed by atoms with van der Waals surface area (Å²) in [6.07, 6.45) is 0.527. The third-order valence-corrected chi connectivity index (χ3v) is 2.99. The molecule has 0 saturated carbocycles. The molecule has 19 heavy (non-hydrogen) atoms. The second-order valence-corrected chi connectivity index (χ2v) is 4.16. The van der Waals surface area contributed by atoms with Crippen LogP contribution in [0, 0.1) is 6.92 Å². The number of rotatable bonds is 5. The van der Waals surface area contributed by atoms with Crippen LogP contribution in [0.25, 0.3) is 5.69 Å². The second kappa shape index (κ2) is 5.75. The van der Waals surface area contributed by atoms with Crippen LogP contribution in [0.5, 0.6) is 11.6 Å². The van der Waals surface area contributed by atoms with Crippen molar-refractivity contribution in [2.45, 2.75) is 13.3 Å². The summed E-state index contributed by atoms with van der Waals surface area (Å²) in [5, 5.41) is 13.6. The van der Waals surface area contributed by atoms with Gasteiger partial charge >= 0.3 is 0 Å². The van der Waals surface area contributed by atoms with E-state index in [4.69, 9.17) is 14.6 Å². The number of aryl methyl sites for hydroxylation is 1. The number of hydrogen-bond acceptors (Lipinski definition) is 4. The van der Waals surface area contributed by atoms with Gasteiger partial charge in [0.2, 0.25) is 5.88 Å². The SMILES string of the molecule is COc1cccc(-n2nc(C)c(CCO)c2OC)c1. The van der Waals surface area contributed by atoms with Gasteiger partial charge in [-0.1, -0.05) is 6.07 Å². The summed E-state index contributed by atoms with van der Waals surface area (Å²) < 4.78 is 12.4. The Morgan fingerprint density at radius 1 is 1.26 bits per heavy atom. The van der Waals surface area contributed by atoms with Gasteiger partial charge in [-0.25, -0.2) is 4.68 Å². The average Bonchev–Trinajstić information content (AvgIpc) is 2.76. The Labute approximate surface area is 112 Å². The van der Waals surface area contributed by atoms with Crippen LogP contribution in [-0.2, 0) is 6.42 Å². The van der Waals surface area contributed by atoms with E-state index in [-0.39, 0.29) is 6.61 Å². The first-order valence-electron chi connectivity index (χ1n) is 6.09. The van der Waals surface area contributed by atoms with E-state index in [0.29, 0.717) is 12.3 Å². The lowest BCUT2D eigenvalue weighted by molar-refractivity contribution is 0.295. The van der Waals surface area contributed by atoms with Gasteiger partial charge in [-0.05, 0) is 19.1 Å². The standard InChI is InChI=1S/C14H18N2O3/c1-10-13(7-8-17)14(19-3)16(15-10)11-5-4-6-12(9-11)18-2/h4-6,9,17H,7-8H2,1-3H3. The first kappa shape index (κ1) is 13.4. The molecule has 0 bridgehead atoms. The molecule has 0 aliphatic carbocycles. The molecule has 5 heteroatoms. The molecule has 0 radical (unpaired) electrons. The van der Waals surface area contributed by atoms with E-state index in [1.807, 2.05) is 31.2 Å². The van der Waals surface area contributed by atoms with E-state index < -0.39 is 0 Å². The van der Waals surface area contributed by atoms with E-state index in [0.717, 1.165) is 22.7 Å². The molecule has 0 amide bonds. The average molecular weight is 262 g/mol. The highest BCUT2D eigenvalue weighted by molar-refractivity contribution is 5.44. The molecule has 2 rings (SSSR count). The highest BCUT2D eigenvalue weighted by Gasteiger charge is 2.16. The number of ether oxygens (including phenoxy) is 2. The monoisotopic (exact) mass is 262 g/mol. The maximum atomic E-state index is 9.11. The highest BCUT2D eigenvalue weighted by atomic mass is 16.5. The summed E-state index contributed by atoms with van der Waals surface area (Å²) in [5.41, 5.74) is 2.64. The number of nitrogens with zero attached hydrogens (tertiary/aromatic N) is 2. The molecule has 0 fully saturated rings. The van der Waals surface area contributed by atoms with Crippen LogP contribution in [0.3, 0.4) is 0 Å². The lowest BCUT2D eigenvalue weighted by atomic mass is 10.2. The minimum Gasteiger partial charge on any atom is -0.497 e. The van der Waals surface area contributed by atoms with E-state index in [9.17, 15) is 0 Å². The smallest absolute Gasteiger partial charge is 0.220 e. The first-order valence-corrected chi connectivity index (χ1v) is 6.09. The Morgan fingerprint density at radius 3 is 2.68 bits per heavy atom. The lowest BCUT2D eigenvalue weighted by Gasteiger charge is -2.09. The Hall–Kier alpha value is -2.01. The molecule has 0 saturated heterocycles. The fourth-order valence-corrected chi connectivity index (χ4v) is 2.06. The summed E-state index contributed by atoms with van der Waals surface area (Å²) >= 11 is 0. The van der Waals surface area contributed by atoms with Crippen molar-refractivity contribution < 1.29 is 14.6 Å². The van der Waals surface area contributed by atoms with Crippen LogP contribution in [-0.4, -0.2) is 35.7 Å². The van der Waals surface area contributed by atoms with Crippen LogP contribution in [0.1, 0.15) is 11.3 Å². The van der Waals surface area contributed by atoms with Crippen molar-refractivity contribution in [3.63, 3.8) is 0 Å². The quantitative estimate of drug-likeness (QED) is 0.891. The predicted octanol–water partition coefficient (Wildman–Crippen LogP) is 1.73. The number of aliphatic hydroxyl groups is 1. The molecule has 0 aliphatic rings. The van der Waals surface area contributed by atoms with Crippen molar-refractivity contribution in [1.82, 2.24) is 9.78 Å². The van der Waals surface area contributed by atoms with Crippen LogP contribution in [0.4, 0.5) is 0 Å². The number of hydrogen-bond donors (Lipinski definition) is 1. The highest BCUT2D eigenvalue weighted by Crippen LogP contribution is 2.27. The lowest BCUT2D eigenvalue weighted by Crippen LogP contribution is -2.01. The van der Waals surface area contributed by atoms with Gasteiger partial charge in [0.05, 0.1) is 25.6 Å². The maximum Gasteiger partial charge on any atom is 0.220 e. The molecule has 5 nitrogen and oxygen atoms in total. The third kappa shape index (κ3) is 2.56. The Balaban J connectivity index is 2.52. The van der Waals surface area contributed by atoms with Crippen molar-refractivity contribution in [1.29, 1.82) is 0 Å². The van der Waals surface area contributed by atoms with Gasteiger partial charge in [0, 0.05) is 24.7 Å². The normalized spacial score (nSPS) is 10.5. The fraction of sp³-hybridized carbons (Fsp3) is 0.357. The zero-order valence-electron chi connectivity index (χ0n) is 11.4. The summed E-state index contributed by atoms with van der Waals surface area (Å²) in [4.78, 5) is 0. The van der Waals surface area contributed by atoms with Crippen LogP contribution < -0.4 is 9.47 Å². The van der Waals surface area contributed by atoms with Gasteiger partial charge in [-0.2, -0.15) is 5.10 Å². The molecule has 0 spiro atoms. The molecule has 1 aromatic carbocycles. The molecule has 0 aliphatic heterocycles. The molecule has 0 unspecified atom stereocenters. The Bertz CT molecular complexity index is 564. The van der Waals surface area contributed by atoms with Crippen molar-refractivity contribution in [3.8, 4) is 17.3 Å². The van der Waals surface area contributed by atoms with Gasteiger partial charge in [-0.15, -0.1) is 0 Å². The summed E-state index contributed by atoms with van der Waals surface area (Å²) in [6.45, 7) is 1.98. The minimum absolute atomic E-state index is 0.0704. The van der Waals surface area contributed by atoms with Crippen LogP contribution in [0.2, 0.25) is 0 Å². The molecule has 102 valence electrons. The predicted molar refractivity (Wildman–Crippen MR) is 72.2 cm³/mol. The van der Waals surface area contributed by atoms with Gasteiger partial charge in [-0.3, -0.25) is 0 Å². The molecule has 2 aromatic rings. The van der Waals surface area contributed by atoms with Gasteiger partial charge in [0.1, 0.15) is 5.75 Å². The van der Waals surface area contributed by atoms with E-state index in [1.54, 1.807) is 18.9 Å². The summed E-state index contributed by atoms with van der Waals surface area (Å²) in [6, 6.07) is 7.59. The van der Waals surface area contributed by atoms with E-state index in [2.05, 4.69) is 5.10 Å². The van der Waals surface area contributed by atoms with Crippen molar-refractivity contribution in [3.05, 3.63) is 35.5 Å². The zero-order valence-corrected chi connectivity index (χ0v) is 11.4. The fourth-order valence-electron chi connectivity index (χ4n) is 2.06. The largest absolute Gasteiger partial charge is 0.497 e. The first-order chi connectivity index (χ1) is 9.21. The van der Waals surface area contributed by atoms with Crippen LogP contribution >= 0.6 is 0 Å². The maximum absolute atomic E-state index is 9.11. The topological polar surface area (TPSA) is 56.5 Å². The van der Waals surface area contributed by atoms with E-state index >= 15 is 0 Å². The second-order valence-electron chi connectivity index (χ2n) is 4.16. The van der Waals surface area contributed by atoms with Crippen molar-refractivity contribution in [2.24, 2.45) is 0 Å². The number of aromatic nitrogens is 2. The zero-order chi connectivity index (χ0) is 13.8. The molecule has 1 N–H and O–H groups in total. The summed E-state index contributed by atoms with van der Waals surface area (Å²) in [7, 11) is 3.23. The van der Waals surface area contributed by atoms with Crippen molar-refractivity contribution in [2.75, 3.05) is 20.8 Å². The Kier molecular flexibility index (Phi) is 4.06. The molecule has 1 heterocycles. The Morgan fingerprint density at radius 2 is 2.05 bits per heavy atom. The number of benzene rings is 1. The van der Waals surface area contributed by atoms with Gasteiger partial charge in [0.15, 0.2) is 0 Å². The minimum atomic E-state index is 0.0704. The van der Waals surface area contributed by atoms with Crippen molar-refractivity contribution >= 4 is 0 Å². The molecular formula is C14H18N2O3. The molecule has 1 aromatic heterocycles. The van der Waals surface area contributed by atoms with Crippen LogP contribution in [0.15, 0.2) is 24.3 Å². The molecular weight excluding hydrogens is 244 g/mol. The summed E-state index contributed by atoms with van der Waals surface area (Å²) in [5.74, 6) is 1.41.